The van der Waals surface area contributed by atoms with Crippen molar-refractivity contribution >= 4 is 39.9 Å². The minimum atomic E-state index is -0.397. The van der Waals surface area contributed by atoms with Crippen molar-refractivity contribution in [2.24, 2.45) is 0 Å². The fourth-order valence-corrected chi connectivity index (χ4v) is 6.31. The molecular formula is C35H42N6O3S. The van der Waals surface area contributed by atoms with Crippen molar-refractivity contribution in [2.45, 2.75) is 72.4 Å². The number of thiophene rings is 1. The number of carbonyl (C=O) groups excluding carboxylic acids is 3. The molecule has 0 saturated heterocycles. The van der Waals surface area contributed by atoms with Gasteiger partial charge in [0.15, 0.2) is 5.69 Å². The van der Waals surface area contributed by atoms with Crippen LogP contribution in [0.2, 0.25) is 0 Å². The second-order valence-corrected chi connectivity index (χ2v) is 12.6. The molecule has 9 nitrogen and oxygen atoms in total. The van der Waals surface area contributed by atoms with Crippen LogP contribution in [0.4, 0.5) is 15.5 Å². The van der Waals surface area contributed by atoms with Gasteiger partial charge in [-0.3, -0.25) is 14.9 Å². The first kappa shape index (κ1) is 32.0. The smallest absolute Gasteiger partial charge is 0.324 e. The standard InChI is InChI=1S/C35H42N6O3S/c1-5-7-17-39(18-8-6-2)34(43)30-21-25(4)41(38-30)31-16-15-28(36-35(44)37-32-14-11-19-45-32)22-29(31)33(42)40-23-27-13-10-9-12-26(27)20-24(40)3/h9-16,19,21-22,24H,5-8,17-18,20,23H2,1-4H3,(H2,36,37,44)/t24-/m1/s1. The molecule has 45 heavy (non-hydrogen) atoms. The van der Waals surface area contributed by atoms with Gasteiger partial charge in [0.1, 0.15) is 0 Å². The molecule has 10 heteroatoms. The SMILES string of the molecule is CCCCN(CCCC)C(=O)c1cc(C)n(-c2ccc(NC(=O)Nc3cccs3)cc2C(=O)N2Cc3ccccc3C[C@H]2C)n1. The third-order valence-electron chi connectivity index (χ3n) is 8.20. The van der Waals surface area contributed by atoms with Crippen LogP contribution in [0.3, 0.4) is 0 Å². The topological polar surface area (TPSA) is 99.6 Å². The maximum absolute atomic E-state index is 14.4. The van der Waals surface area contributed by atoms with Gasteiger partial charge in [0.2, 0.25) is 0 Å². The van der Waals surface area contributed by atoms with E-state index in [4.69, 9.17) is 5.10 Å². The highest BCUT2D eigenvalue weighted by molar-refractivity contribution is 7.14. The number of hydrogen-bond donors (Lipinski definition) is 2. The number of fused-ring (bicyclic) bond motifs is 1. The predicted molar refractivity (Wildman–Crippen MR) is 180 cm³/mol. The fourth-order valence-electron chi connectivity index (χ4n) is 5.70. The van der Waals surface area contributed by atoms with Gasteiger partial charge in [-0.15, -0.1) is 11.3 Å². The minimum Gasteiger partial charge on any atom is -0.337 e. The summed E-state index contributed by atoms with van der Waals surface area (Å²) >= 11 is 1.42. The Morgan fingerprint density at radius 1 is 0.956 bits per heavy atom. The summed E-state index contributed by atoms with van der Waals surface area (Å²) in [6, 6.07) is 18.5. The van der Waals surface area contributed by atoms with Gasteiger partial charge in [-0.1, -0.05) is 51.0 Å². The van der Waals surface area contributed by atoms with Crippen molar-refractivity contribution in [3.63, 3.8) is 0 Å². The van der Waals surface area contributed by atoms with Gasteiger partial charge in [-0.25, -0.2) is 9.48 Å². The van der Waals surface area contributed by atoms with E-state index in [1.54, 1.807) is 28.9 Å². The molecule has 4 aromatic rings. The van der Waals surface area contributed by atoms with Crippen molar-refractivity contribution in [1.29, 1.82) is 0 Å². The van der Waals surface area contributed by atoms with Gasteiger partial charge in [0, 0.05) is 37.1 Å². The van der Waals surface area contributed by atoms with Gasteiger partial charge < -0.3 is 15.1 Å². The van der Waals surface area contributed by atoms with Crippen molar-refractivity contribution in [3.8, 4) is 5.69 Å². The van der Waals surface area contributed by atoms with Crippen molar-refractivity contribution in [1.82, 2.24) is 19.6 Å². The number of anilines is 2. The highest BCUT2D eigenvalue weighted by Gasteiger charge is 2.30. The minimum absolute atomic E-state index is 0.0273. The van der Waals surface area contributed by atoms with Gasteiger partial charge in [-0.2, -0.15) is 5.10 Å². The zero-order valence-corrected chi connectivity index (χ0v) is 27.3. The monoisotopic (exact) mass is 626 g/mol. The third-order valence-corrected chi connectivity index (χ3v) is 8.98. The Morgan fingerprint density at radius 2 is 1.69 bits per heavy atom. The zero-order chi connectivity index (χ0) is 31.9. The van der Waals surface area contributed by atoms with Crippen LogP contribution in [-0.4, -0.2) is 56.6 Å². The Labute approximate surface area is 269 Å². The number of amides is 4. The maximum Gasteiger partial charge on any atom is 0.324 e. The van der Waals surface area contributed by atoms with Crippen molar-refractivity contribution in [2.75, 3.05) is 23.7 Å². The highest BCUT2D eigenvalue weighted by Crippen LogP contribution is 2.29. The van der Waals surface area contributed by atoms with Crippen LogP contribution in [0.5, 0.6) is 0 Å². The summed E-state index contributed by atoms with van der Waals surface area (Å²) < 4.78 is 1.68. The van der Waals surface area contributed by atoms with Crippen molar-refractivity contribution in [3.05, 3.63) is 94.1 Å². The molecule has 0 aliphatic carbocycles. The number of hydrogen-bond acceptors (Lipinski definition) is 5. The van der Waals surface area contributed by atoms with Gasteiger partial charge >= 0.3 is 6.03 Å². The molecule has 0 bridgehead atoms. The van der Waals surface area contributed by atoms with Crippen molar-refractivity contribution < 1.29 is 14.4 Å². The number of benzene rings is 2. The van der Waals surface area contributed by atoms with Crippen LogP contribution in [0.15, 0.2) is 66.0 Å². The summed E-state index contributed by atoms with van der Waals surface area (Å²) in [5.74, 6) is -0.263. The van der Waals surface area contributed by atoms with Crippen LogP contribution in [0.25, 0.3) is 5.69 Å². The maximum atomic E-state index is 14.4. The molecule has 1 aliphatic heterocycles. The van der Waals surface area contributed by atoms with E-state index in [1.807, 2.05) is 46.4 Å². The normalized spacial score (nSPS) is 14.1. The Balaban J connectivity index is 1.50. The number of aryl methyl sites for hydroxylation is 1. The lowest BCUT2D eigenvalue weighted by Gasteiger charge is -2.35. The van der Waals surface area contributed by atoms with Crippen LogP contribution >= 0.6 is 11.3 Å². The molecule has 0 unspecified atom stereocenters. The van der Waals surface area contributed by atoms with E-state index >= 15 is 0 Å². The summed E-state index contributed by atoms with van der Waals surface area (Å²) in [5, 5.41) is 13.1. The van der Waals surface area contributed by atoms with E-state index in [1.165, 1.54) is 16.9 Å². The van der Waals surface area contributed by atoms with E-state index in [0.29, 0.717) is 42.3 Å². The lowest BCUT2D eigenvalue weighted by Crippen LogP contribution is -2.43. The molecule has 2 N–H and O–H groups in total. The quantitative estimate of drug-likeness (QED) is 0.180. The average Bonchev–Trinajstić information content (AvgIpc) is 3.69. The molecule has 0 radical (unpaired) electrons. The summed E-state index contributed by atoms with van der Waals surface area (Å²) in [4.78, 5) is 44.5. The number of nitrogens with one attached hydrogen (secondary N) is 2. The van der Waals surface area contributed by atoms with Gasteiger partial charge in [-0.05, 0) is 86.0 Å². The molecule has 3 heterocycles. The number of urea groups is 1. The number of rotatable bonds is 11. The van der Waals surface area contributed by atoms with E-state index in [0.717, 1.165) is 48.4 Å². The molecule has 0 spiro atoms. The Kier molecular flexibility index (Phi) is 10.3. The Bertz CT molecular complexity index is 1640. The third kappa shape index (κ3) is 7.45. The highest BCUT2D eigenvalue weighted by atomic mass is 32.1. The van der Waals surface area contributed by atoms with Crippen LogP contribution in [0.1, 0.15) is 84.1 Å². The van der Waals surface area contributed by atoms with E-state index in [9.17, 15) is 14.4 Å². The first-order chi connectivity index (χ1) is 21.8. The second-order valence-electron chi connectivity index (χ2n) is 11.6. The van der Waals surface area contributed by atoms with Crippen LogP contribution in [0, 0.1) is 6.92 Å². The predicted octanol–water partition coefficient (Wildman–Crippen LogP) is 7.52. The molecule has 1 atom stereocenters. The summed E-state index contributed by atoms with van der Waals surface area (Å²) in [5.41, 5.74) is 4.90. The fraction of sp³-hybridized carbons (Fsp3) is 0.371. The van der Waals surface area contributed by atoms with E-state index in [-0.39, 0.29) is 17.9 Å². The molecular weight excluding hydrogens is 584 g/mol. The Hall–Kier alpha value is -4.44. The first-order valence-corrected chi connectivity index (χ1v) is 16.7. The lowest BCUT2D eigenvalue weighted by molar-refractivity contribution is 0.0657. The van der Waals surface area contributed by atoms with Crippen LogP contribution in [-0.2, 0) is 13.0 Å². The lowest BCUT2D eigenvalue weighted by atomic mass is 9.94. The number of aromatic nitrogens is 2. The molecule has 2 aromatic heterocycles. The van der Waals surface area contributed by atoms with E-state index < -0.39 is 6.03 Å². The molecule has 0 fully saturated rings. The molecule has 0 saturated carbocycles. The van der Waals surface area contributed by atoms with E-state index in [2.05, 4.69) is 43.5 Å². The molecule has 1 aliphatic rings. The molecule has 4 amide bonds. The second kappa shape index (κ2) is 14.6. The number of nitrogens with zero attached hydrogens (tertiary/aromatic N) is 4. The zero-order valence-electron chi connectivity index (χ0n) is 26.5. The first-order valence-electron chi connectivity index (χ1n) is 15.8. The summed E-state index contributed by atoms with van der Waals surface area (Å²) in [6.07, 6.45) is 4.61. The summed E-state index contributed by atoms with van der Waals surface area (Å²) in [6.45, 7) is 10.0. The molecule has 236 valence electrons. The van der Waals surface area contributed by atoms with Crippen LogP contribution < -0.4 is 10.6 Å². The van der Waals surface area contributed by atoms with Gasteiger partial charge in [0.25, 0.3) is 11.8 Å². The average molecular weight is 627 g/mol. The number of unbranched alkanes of at least 4 members (excludes halogenated alkanes) is 2. The Morgan fingerprint density at radius 3 is 2.38 bits per heavy atom. The molecule has 2 aromatic carbocycles. The van der Waals surface area contributed by atoms with Gasteiger partial charge in [0.05, 0.1) is 16.3 Å². The number of carbonyl (C=O) groups is 3. The summed E-state index contributed by atoms with van der Waals surface area (Å²) in [7, 11) is 0. The molecule has 5 rings (SSSR count). The largest absolute Gasteiger partial charge is 0.337 e.